The lowest BCUT2D eigenvalue weighted by molar-refractivity contribution is -0.121. The first-order chi connectivity index (χ1) is 11.6. The summed E-state index contributed by atoms with van der Waals surface area (Å²) in [7, 11) is 0. The number of hydrogen-bond donors (Lipinski definition) is 2. The van der Waals surface area contributed by atoms with E-state index in [-0.39, 0.29) is 17.9 Å². The fraction of sp³-hybridized carbons (Fsp3) is 0.529. The van der Waals surface area contributed by atoms with Gasteiger partial charge in [-0.3, -0.25) is 4.79 Å². The lowest BCUT2D eigenvalue weighted by Crippen LogP contribution is -2.39. The molecule has 0 spiro atoms. The number of rotatable bonds is 4. The number of amides is 3. The number of anilines is 1. The van der Waals surface area contributed by atoms with Crippen LogP contribution in [0.25, 0.3) is 0 Å². The van der Waals surface area contributed by atoms with E-state index in [1.54, 1.807) is 4.90 Å². The first-order valence-electron chi connectivity index (χ1n) is 8.37. The zero-order valence-corrected chi connectivity index (χ0v) is 13.7. The van der Waals surface area contributed by atoms with Crippen molar-refractivity contribution in [2.24, 2.45) is 11.7 Å². The molecule has 0 unspecified atom stereocenters. The van der Waals surface area contributed by atoms with E-state index in [1.165, 1.54) is 5.69 Å². The molecule has 130 valence electrons. The van der Waals surface area contributed by atoms with Gasteiger partial charge in [-0.2, -0.15) is 0 Å². The molecule has 3 N–H and O–H groups in total. The van der Waals surface area contributed by atoms with Crippen LogP contribution in [0.4, 0.5) is 10.5 Å². The van der Waals surface area contributed by atoms with Crippen molar-refractivity contribution in [1.29, 1.82) is 0 Å². The molecule has 2 saturated heterocycles. The van der Waals surface area contributed by atoms with Crippen LogP contribution in [-0.4, -0.2) is 56.2 Å². The highest BCUT2D eigenvalue weighted by Crippen LogP contribution is 2.17. The number of nitrogens with one attached hydrogen (secondary N) is 1. The van der Waals surface area contributed by atoms with E-state index < -0.39 is 0 Å². The molecule has 0 saturated carbocycles. The Labute approximate surface area is 141 Å². The number of nitrogens with zero attached hydrogens (tertiary/aromatic N) is 2. The Kier molecular flexibility index (Phi) is 5.20. The molecule has 1 aromatic rings. The summed E-state index contributed by atoms with van der Waals surface area (Å²) in [6.45, 7) is 4.81. The normalized spacial score (nSPS) is 20.9. The molecule has 0 radical (unpaired) electrons. The number of carbonyl (C=O) groups excluding carboxylic acids is 2. The molecule has 2 fully saturated rings. The Bertz CT molecular complexity index is 584. The minimum atomic E-state index is -0.330. The number of carbonyl (C=O) groups is 2. The first-order valence-corrected chi connectivity index (χ1v) is 8.37. The van der Waals surface area contributed by atoms with Gasteiger partial charge < -0.3 is 25.6 Å². The third-order valence-corrected chi connectivity index (χ3v) is 4.63. The molecule has 3 amide bonds. The summed E-state index contributed by atoms with van der Waals surface area (Å²) in [6.07, 6.45) is 0.650. The SMILES string of the molecule is NC(=O)[C@@H]1CCN(C(=O)NCc2ccc(N3CCOCC3)cc2)C1. The number of ether oxygens (including phenoxy) is 1. The van der Waals surface area contributed by atoms with Crippen LogP contribution >= 0.6 is 0 Å². The maximum atomic E-state index is 12.1. The molecule has 3 rings (SSSR count). The summed E-state index contributed by atoms with van der Waals surface area (Å²) in [5, 5.41) is 2.90. The smallest absolute Gasteiger partial charge is 0.317 e. The van der Waals surface area contributed by atoms with Gasteiger partial charge in [-0.15, -0.1) is 0 Å². The Hall–Kier alpha value is -2.28. The molecule has 0 bridgehead atoms. The monoisotopic (exact) mass is 332 g/mol. The number of nitrogens with two attached hydrogens (primary N) is 1. The second-order valence-corrected chi connectivity index (χ2v) is 6.26. The minimum Gasteiger partial charge on any atom is -0.378 e. The van der Waals surface area contributed by atoms with Crippen LogP contribution in [0, 0.1) is 5.92 Å². The highest BCUT2D eigenvalue weighted by atomic mass is 16.5. The predicted molar refractivity (Wildman–Crippen MR) is 90.6 cm³/mol. The third-order valence-electron chi connectivity index (χ3n) is 4.63. The van der Waals surface area contributed by atoms with Gasteiger partial charge in [0.15, 0.2) is 0 Å². The molecule has 2 aliphatic rings. The number of urea groups is 1. The second kappa shape index (κ2) is 7.53. The van der Waals surface area contributed by atoms with Gasteiger partial charge in [0.1, 0.15) is 0 Å². The van der Waals surface area contributed by atoms with Gasteiger partial charge >= 0.3 is 6.03 Å². The summed E-state index contributed by atoms with van der Waals surface area (Å²) in [6, 6.07) is 8.07. The van der Waals surface area contributed by atoms with E-state index in [0.29, 0.717) is 26.1 Å². The van der Waals surface area contributed by atoms with Gasteiger partial charge in [-0.25, -0.2) is 4.79 Å². The van der Waals surface area contributed by atoms with E-state index in [0.717, 1.165) is 31.9 Å². The van der Waals surface area contributed by atoms with E-state index in [1.807, 2.05) is 12.1 Å². The predicted octanol–water partition coefficient (Wildman–Crippen LogP) is 0.540. The first kappa shape index (κ1) is 16.6. The van der Waals surface area contributed by atoms with Gasteiger partial charge in [0, 0.05) is 38.4 Å². The quantitative estimate of drug-likeness (QED) is 0.842. The molecular formula is C17H24N4O3. The highest BCUT2D eigenvalue weighted by molar-refractivity contribution is 5.80. The van der Waals surface area contributed by atoms with Crippen LogP contribution in [0.2, 0.25) is 0 Å². The summed E-state index contributed by atoms with van der Waals surface area (Å²) in [5.74, 6) is -0.549. The molecular weight excluding hydrogens is 308 g/mol. The second-order valence-electron chi connectivity index (χ2n) is 6.26. The molecule has 7 nitrogen and oxygen atoms in total. The largest absolute Gasteiger partial charge is 0.378 e. The van der Waals surface area contributed by atoms with Gasteiger partial charge in [-0.05, 0) is 24.1 Å². The van der Waals surface area contributed by atoms with E-state index in [9.17, 15) is 9.59 Å². The van der Waals surface area contributed by atoms with Crippen LogP contribution in [0.5, 0.6) is 0 Å². The Morgan fingerprint density at radius 1 is 1.17 bits per heavy atom. The fourth-order valence-electron chi connectivity index (χ4n) is 3.11. The van der Waals surface area contributed by atoms with Crippen LogP contribution in [0.15, 0.2) is 24.3 Å². The number of likely N-dealkylation sites (tertiary alicyclic amines) is 1. The lowest BCUT2D eigenvalue weighted by atomic mass is 10.1. The van der Waals surface area contributed by atoms with Crippen molar-refractivity contribution in [2.75, 3.05) is 44.3 Å². The number of benzene rings is 1. The number of morpholine rings is 1. The van der Waals surface area contributed by atoms with Crippen LogP contribution in [-0.2, 0) is 16.1 Å². The van der Waals surface area contributed by atoms with Gasteiger partial charge in [0.05, 0.1) is 19.1 Å². The van der Waals surface area contributed by atoms with Crippen molar-refractivity contribution in [1.82, 2.24) is 10.2 Å². The molecule has 7 heteroatoms. The van der Waals surface area contributed by atoms with Crippen molar-refractivity contribution in [3.8, 4) is 0 Å². The zero-order valence-electron chi connectivity index (χ0n) is 13.7. The molecule has 0 aliphatic carbocycles. The van der Waals surface area contributed by atoms with Gasteiger partial charge in [-0.1, -0.05) is 12.1 Å². The van der Waals surface area contributed by atoms with Crippen LogP contribution in [0.3, 0.4) is 0 Å². The Morgan fingerprint density at radius 2 is 1.88 bits per heavy atom. The van der Waals surface area contributed by atoms with Crippen molar-refractivity contribution in [3.63, 3.8) is 0 Å². The maximum absolute atomic E-state index is 12.1. The topological polar surface area (TPSA) is 87.9 Å². The van der Waals surface area contributed by atoms with Crippen LogP contribution in [0.1, 0.15) is 12.0 Å². The van der Waals surface area contributed by atoms with Crippen molar-refractivity contribution < 1.29 is 14.3 Å². The number of hydrogen-bond acceptors (Lipinski definition) is 4. The lowest BCUT2D eigenvalue weighted by Gasteiger charge is -2.29. The standard InChI is InChI=1S/C17H24N4O3/c18-16(22)14-5-6-21(12-14)17(23)19-11-13-1-3-15(4-2-13)20-7-9-24-10-8-20/h1-4,14H,5-12H2,(H2,18,22)(H,19,23)/t14-/m1/s1. The molecule has 24 heavy (non-hydrogen) atoms. The van der Waals surface area contributed by atoms with Crippen LogP contribution < -0.4 is 16.0 Å². The van der Waals surface area contributed by atoms with Crippen molar-refractivity contribution in [3.05, 3.63) is 29.8 Å². The average molecular weight is 332 g/mol. The molecule has 1 atom stereocenters. The molecule has 2 aliphatic heterocycles. The minimum absolute atomic E-state index is 0.143. The third kappa shape index (κ3) is 3.97. The molecule has 2 heterocycles. The zero-order chi connectivity index (χ0) is 16.9. The Balaban J connectivity index is 1.48. The Morgan fingerprint density at radius 3 is 2.50 bits per heavy atom. The summed E-state index contributed by atoms with van der Waals surface area (Å²) in [5.41, 5.74) is 7.52. The average Bonchev–Trinajstić information content (AvgIpc) is 3.11. The fourth-order valence-corrected chi connectivity index (χ4v) is 3.11. The van der Waals surface area contributed by atoms with Crippen molar-refractivity contribution in [2.45, 2.75) is 13.0 Å². The molecule has 1 aromatic carbocycles. The maximum Gasteiger partial charge on any atom is 0.317 e. The summed E-state index contributed by atoms with van der Waals surface area (Å²) >= 11 is 0. The number of primary amides is 1. The van der Waals surface area contributed by atoms with Crippen molar-refractivity contribution >= 4 is 17.6 Å². The van der Waals surface area contributed by atoms with Gasteiger partial charge in [0.2, 0.25) is 5.91 Å². The summed E-state index contributed by atoms with van der Waals surface area (Å²) < 4.78 is 5.36. The highest BCUT2D eigenvalue weighted by Gasteiger charge is 2.29. The van der Waals surface area contributed by atoms with E-state index >= 15 is 0 Å². The van der Waals surface area contributed by atoms with E-state index in [4.69, 9.17) is 10.5 Å². The molecule has 0 aromatic heterocycles. The summed E-state index contributed by atoms with van der Waals surface area (Å²) in [4.78, 5) is 27.2. The van der Waals surface area contributed by atoms with Gasteiger partial charge in [0.25, 0.3) is 0 Å². The van der Waals surface area contributed by atoms with E-state index in [2.05, 4.69) is 22.3 Å².